The highest BCUT2D eigenvalue weighted by atomic mass is 16.5. The van der Waals surface area contributed by atoms with Gasteiger partial charge < -0.3 is 19.5 Å². The van der Waals surface area contributed by atoms with E-state index in [1.54, 1.807) is 7.11 Å². The number of carboxylic acids is 1. The molecule has 0 aromatic heterocycles. The van der Waals surface area contributed by atoms with Crippen LogP contribution in [-0.2, 0) is 19.1 Å². The molecule has 6 nitrogen and oxygen atoms in total. The van der Waals surface area contributed by atoms with E-state index in [0.29, 0.717) is 31.9 Å². The Hall–Kier alpha value is -1.14. The molecule has 1 amide bonds. The number of ether oxygens (including phenoxy) is 2. The Balaban J connectivity index is 1.84. The minimum atomic E-state index is -0.946. The number of aliphatic carboxylic acids is 1. The molecule has 2 atom stereocenters. The number of carboxylic acid groups (broad SMARTS) is 1. The van der Waals surface area contributed by atoms with Gasteiger partial charge in [0.25, 0.3) is 0 Å². The summed E-state index contributed by atoms with van der Waals surface area (Å²) in [7, 11) is 1.55. The van der Waals surface area contributed by atoms with Crippen molar-refractivity contribution in [3.05, 3.63) is 0 Å². The molecule has 20 heavy (non-hydrogen) atoms. The average molecular weight is 285 g/mol. The molecule has 1 aliphatic heterocycles. The number of methoxy groups -OCH3 is 1. The molecule has 0 spiro atoms. The van der Waals surface area contributed by atoms with Crippen LogP contribution in [0.4, 0.5) is 0 Å². The first kappa shape index (κ1) is 15.3. The molecule has 1 aliphatic carbocycles. The third-order valence-corrected chi connectivity index (χ3v) is 4.26. The standard InChI is InChI=1S/C14H23NO5/c1-3-20-10-4-9(5-10)6-13(16)15-8-11(19-2)7-12(15)14(17)18/h9-12H,3-8H2,1-2H3,(H,17,18). The summed E-state index contributed by atoms with van der Waals surface area (Å²) in [4.78, 5) is 24.9. The van der Waals surface area contributed by atoms with Crippen molar-refractivity contribution >= 4 is 11.9 Å². The van der Waals surface area contributed by atoms with E-state index in [2.05, 4.69) is 0 Å². The lowest BCUT2D eigenvalue weighted by Crippen LogP contribution is -2.43. The second-order valence-electron chi connectivity index (χ2n) is 5.61. The molecule has 114 valence electrons. The van der Waals surface area contributed by atoms with Gasteiger partial charge >= 0.3 is 5.97 Å². The fourth-order valence-electron chi connectivity index (χ4n) is 3.06. The van der Waals surface area contributed by atoms with Gasteiger partial charge in [-0.2, -0.15) is 0 Å². The van der Waals surface area contributed by atoms with Crippen LogP contribution in [-0.4, -0.2) is 60.4 Å². The van der Waals surface area contributed by atoms with E-state index in [9.17, 15) is 14.7 Å². The van der Waals surface area contributed by atoms with Crippen molar-refractivity contribution in [3.8, 4) is 0 Å². The SMILES string of the molecule is CCOC1CC(CC(=O)N2CC(OC)CC2C(=O)O)C1. The van der Waals surface area contributed by atoms with Gasteiger partial charge in [-0.15, -0.1) is 0 Å². The average Bonchev–Trinajstić information content (AvgIpc) is 2.80. The summed E-state index contributed by atoms with van der Waals surface area (Å²) in [6.07, 6.45) is 2.71. The maximum Gasteiger partial charge on any atom is 0.326 e. The Morgan fingerprint density at radius 1 is 1.25 bits per heavy atom. The maximum atomic E-state index is 12.3. The molecule has 2 fully saturated rings. The number of carbonyl (C=O) groups is 2. The Bertz CT molecular complexity index is 367. The second-order valence-corrected chi connectivity index (χ2v) is 5.61. The van der Waals surface area contributed by atoms with E-state index >= 15 is 0 Å². The van der Waals surface area contributed by atoms with E-state index in [1.807, 2.05) is 6.92 Å². The number of likely N-dealkylation sites (tertiary alicyclic amines) is 1. The molecule has 0 radical (unpaired) electrons. The van der Waals surface area contributed by atoms with E-state index in [1.165, 1.54) is 4.90 Å². The number of carbonyl (C=O) groups excluding carboxylic acids is 1. The zero-order valence-electron chi connectivity index (χ0n) is 12.1. The number of rotatable bonds is 6. The maximum absolute atomic E-state index is 12.3. The third-order valence-electron chi connectivity index (χ3n) is 4.26. The highest BCUT2D eigenvalue weighted by Crippen LogP contribution is 2.34. The summed E-state index contributed by atoms with van der Waals surface area (Å²) < 4.78 is 10.7. The van der Waals surface area contributed by atoms with Crippen molar-refractivity contribution in [1.82, 2.24) is 4.90 Å². The summed E-state index contributed by atoms with van der Waals surface area (Å²) in [5.41, 5.74) is 0. The van der Waals surface area contributed by atoms with Crippen molar-refractivity contribution in [2.45, 2.75) is 50.9 Å². The van der Waals surface area contributed by atoms with E-state index < -0.39 is 12.0 Å². The smallest absolute Gasteiger partial charge is 0.326 e. The van der Waals surface area contributed by atoms with Gasteiger partial charge in [-0.25, -0.2) is 4.79 Å². The Morgan fingerprint density at radius 2 is 1.95 bits per heavy atom. The minimum Gasteiger partial charge on any atom is -0.480 e. The lowest BCUT2D eigenvalue weighted by atomic mass is 9.79. The van der Waals surface area contributed by atoms with E-state index in [-0.39, 0.29) is 18.1 Å². The number of amides is 1. The zero-order chi connectivity index (χ0) is 14.7. The van der Waals surface area contributed by atoms with Gasteiger partial charge in [0.1, 0.15) is 6.04 Å². The van der Waals surface area contributed by atoms with Crippen LogP contribution in [0.2, 0.25) is 0 Å². The van der Waals surface area contributed by atoms with Crippen LogP contribution in [0.1, 0.15) is 32.6 Å². The first-order chi connectivity index (χ1) is 9.55. The lowest BCUT2D eigenvalue weighted by Gasteiger charge is -2.35. The van der Waals surface area contributed by atoms with Crippen LogP contribution in [0.5, 0.6) is 0 Å². The zero-order valence-corrected chi connectivity index (χ0v) is 12.1. The first-order valence-corrected chi connectivity index (χ1v) is 7.21. The van der Waals surface area contributed by atoms with Gasteiger partial charge in [-0.3, -0.25) is 4.79 Å². The first-order valence-electron chi connectivity index (χ1n) is 7.21. The second kappa shape index (κ2) is 6.54. The highest BCUT2D eigenvalue weighted by molar-refractivity contribution is 5.84. The summed E-state index contributed by atoms with van der Waals surface area (Å²) >= 11 is 0. The van der Waals surface area contributed by atoms with Gasteiger partial charge in [-0.05, 0) is 25.7 Å². The third kappa shape index (κ3) is 3.30. The van der Waals surface area contributed by atoms with Crippen molar-refractivity contribution in [3.63, 3.8) is 0 Å². The number of hydrogen-bond acceptors (Lipinski definition) is 4. The molecule has 0 aromatic rings. The summed E-state index contributed by atoms with van der Waals surface area (Å²) in [5.74, 6) is -0.689. The summed E-state index contributed by atoms with van der Waals surface area (Å²) in [5, 5.41) is 9.19. The van der Waals surface area contributed by atoms with Gasteiger partial charge in [0.05, 0.1) is 12.2 Å². The van der Waals surface area contributed by atoms with Crippen LogP contribution in [0, 0.1) is 5.92 Å². The minimum absolute atomic E-state index is 0.0723. The van der Waals surface area contributed by atoms with Gasteiger partial charge in [0, 0.05) is 33.1 Å². The van der Waals surface area contributed by atoms with Crippen molar-refractivity contribution < 1.29 is 24.2 Å². The molecular weight excluding hydrogens is 262 g/mol. The van der Waals surface area contributed by atoms with Crippen molar-refractivity contribution in [2.75, 3.05) is 20.3 Å². The Morgan fingerprint density at radius 3 is 2.50 bits per heavy atom. The Kier molecular flexibility index (Phi) is 4.99. The highest BCUT2D eigenvalue weighted by Gasteiger charge is 2.41. The van der Waals surface area contributed by atoms with Gasteiger partial charge in [0.2, 0.25) is 5.91 Å². The number of nitrogens with zero attached hydrogens (tertiary/aromatic N) is 1. The number of hydrogen-bond donors (Lipinski definition) is 1. The largest absolute Gasteiger partial charge is 0.480 e. The molecule has 1 saturated heterocycles. The predicted octanol–water partition coefficient (Wildman–Crippen LogP) is 0.892. The van der Waals surface area contributed by atoms with Gasteiger partial charge in [0.15, 0.2) is 0 Å². The normalized spacial score (nSPS) is 33.0. The molecule has 1 saturated carbocycles. The molecule has 1 N–H and O–H groups in total. The molecule has 2 unspecified atom stereocenters. The molecule has 1 heterocycles. The topological polar surface area (TPSA) is 76.1 Å². The van der Waals surface area contributed by atoms with Crippen LogP contribution in [0.25, 0.3) is 0 Å². The van der Waals surface area contributed by atoms with Crippen LogP contribution >= 0.6 is 0 Å². The fraction of sp³-hybridized carbons (Fsp3) is 0.857. The summed E-state index contributed by atoms with van der Waals surface area (Å²) in [6, 6.07) is -0.741. The molecule has 2 aliphatic rings. The van der Waals surface area contributed by atoms with Gasteiger partial charge in [-0.1, -0.05) is 0 Å². The molecule has 6 heteroatoms. The predicted molar refractivity (Wildman–Crippen MR) is 71.3 cm³/mol. The van der Waals surface area contributed by atoms with Crippen LogP contribution in [0.15, 0.2) is 0 Å². The lowest BCUT2D eigenvalue weighted by molar-refractivity contribution is -0.149. The quantitative estimate of drug-likeness (QED) is 0.784. The van der Waals surface area contributed by atoms with Crippen LogP contribution in [0.3, 0.4) is 0 Å². The molecule has 2 rings (SSSR count). The Labute approximate surface area is 119 Å². The monoisotopic (exact) mass is 285 g/mol. The molecular formula is C14H23NO5. The fourth-order valence-corrected chi connectivity index (χ4v) is 3.06. The summed E-state index contributed by atoms with van der Waals surface area (Å²) in [6.45, 7) is 3.05. The van der Waals surface area contributed by atoms with Crippen molar-refractivity contribution in [2.24, 2.45) is 5.92 Å². The van der Waals surface area contributed by atoms with E-state index in [0.717, 1.165) is 12.8 Å². The molecule has 0 aromatic carbocycles. The van der Waals surface area contributed by atoms with E-state index in [4.69, 9.17) is 9.47 Å². The van der Waals surface area contributed by atoms with Crippen molar-refractivity contribution in [1.29, 1.82) is 0 Å². The molecule has 0 bridgehead atoms. The van der Waals surface area contributed by atoms with Crippen LogP contribution < -0.4 is 0 Å².